The first-order valence-corrected chi connectivity index (χ1v) is 12.9. The number of rotatable bonds is 9. The van der Waals surface area contributed by atoms with Crippen LogP contribution in [0.3, 0.4) is 0 Å². The molecule has 0 radical (unpaired) electrons. The Labute approximate surface area is 224 Å². The highest BCUT2D eigenvalue weighted by atomic mass is 32.1. The maximum atomic E-state index is 13.9. The van der Waals surface area contributed by atoms with Crippen LogP contribution in [0.25, 0.3) is 6.08 Å². The van der Waals surface area contributed by atoms with E-state index in [4.69, 9.17) is 23.7 Å². The predicted molar refractivity (Wildman–Crippen MR) is 144 cm³/mol. The molecule has 0 bridgehead atoms. The SMILES string of the molecule is CCOC(=O)C1=C(C)N=c2s/c(=C\c3ccc(OCC)c(OC)c3)c(=O)n2[C@@H]1c1ccc(OC)cc1OC. The third-order valence-corrected chi connectivity index (χ3v) is 7.02. The van der Waals surface area contributed by atoms with Crippen LogP contribution in [-0.2, 0) is 9.53 Å². The number of hydrogen-bond donors (Lipinski definition) is 0. The molecule has 3 aromatic rings. The molecular formula is C28H30N2O7S. The number of methoxy groups -OCH3 is 3. The summed E-state index contributed by atoms with van der Waals surface area (Å²) in [6.45, 7) is 6.06. The van der Waals surface area contributed by atoms with Crippen LogP contribution < -0.4 is 33.8 Å². The van der Waals surface area contributed by atoms with Gasteiger partial charge in [0.1, 0.15) is 17.5 Å². The van der Waals surface area contributed by atoms with Crippen LogP contribution in [0.4, 0.5) is 0 Å². The standard InChI is InChI=1S/C28H30N2O7S/c1-7-36-20-12-9-17(13-22(20)35-6)14-23-26(31)30-25(19-11-10-18(33-4)15-21(19)34-5)24(27(32)37-8-2)16(3)29-28(30)38-23/h9-15,25H,7-8H2,1-6H3/b23-14-/t25-/m1/s1. The Hall–Kier alpha value is -4.05. The molecule has 10 heteroatoms. The van der Waals surface area contributed by atoms with Crippen molar-refractivity contribution < 1.29 is 28.5 Å². The molecule has 38 heavy (non-hydrogen) atoms. The van der Waals surface area contributed by atoms with Crippen LogP contribution >= 0.6 is 11.3 Å². The molecule has 9 nitrogen and oxygen atoms in total. The molecule has 0 saturated heterocycles. The minimum absolute atomic E-state index is 0.187. The van der Waals surface area contributed by atoms with Gasteiger partial charge in [-0.2, -0.15) is 0 Å². The molecule has 0 fully saturated rings. The van der Waals surface area contributed by atoms with Crippen molar-refractivity contribution in [2.45, 2.75) is 26.8 Å². The molecule has 4 rings (SSSR count). The molecule has 0 aliphatic carbocycles. The lowest BCUT2D eigenvalue weighted by Gasteiger charge is -2.26. The summed E-state index contributed by atoms with van der Waals surface area (Å²) in [6.07, 6.45) is 1.77. The van der Waals surface area contributed by atoms with Gasteiger partial charge in [-0.15, -0.1) is 0 Å². The number of fused-ring (bicyclic) bond motifs is 1. The highest BCUT2D eigenvalue weighted by Crippen LogP contribution is 2.37. The van der Waals surface area contributed by atoms with E-state index < -0.39 is 12.0 Å². The lowest BCUT2D eigenvalue weighted by Crippen LogP contribution is -2.40. The van der Waals surface area contributed by atoms with Gasteiger partial charge in [0, 0.05) is 11.6 Å². The van der Waals surface area contributed by atoms with Crippen LogP contribution in [0.15, 0.2) is 57.5 Å². The number of thiazole rings is 1. The molecule has 2 heterocycles. The first-order chi connectivity index (χ1) is 18.4. The summed E-state index contributed by atoms with van der Waals surface area (Å²) < 4.78 is 29.4. The van der Waals surface area contributed by atoms with Crippen molar-refractivity contribution in [1.82, 2.24) is 4.57 Å². The summed E-state index contributed by atoms with van der Waals surface area (Å²) in [6, 6.07) is 9.93. The zero-order chi connectivity index (χ0) is 27.4. The highest BCUT2D eigenvalue weighted by Gasteiger charge is 2.35. The van der Waals surface area contributed by atoms with E-state index >= 15 is 0 Å². The quantitative estimate of drug-likeness (QED) is 0.386. The summed E-state index contributed by atoms with van der Waals surface area (Å²) in [7, 11) is 4.65. The van der Waals surface area contributed by atoms with Gasteiger partial charge in [-0.25, -0.2) is 9.79 Å². The van der Waals surface area contributed by atoms with Crippen LogP contribution in [0, 0.1) is 0 Å². The lowest BCUT2D eigenvalue weighted by molar-refractivity contribution is -0.139. The van der Waals surface area contributed by atoms with Gasteiger partial charge >= 0.3 is 5.97 Å². The van der Waals surface area contributed by atoms with Gasteiger partial charge in [0.2, 0.25) is 0 Å². The molecule has 0 saturated carbocycles. The molecule has 1 aliphatic rings. The van der Waals surface area contributed by atoms with E-state index in [1.165, 1.54) is 23.0 Å². The topological polar surface area (TPSA) is 97.6 Å². The third-order valence-electron chi connectivity index (χ3n) is 6.04. The normalized spacial score (nSPS) is 15.0. The Bertz CT molecular complexity index is 1570. The lowest BCUT2D eigenvalue weighted by atomic mass is 9.95. The Morgan fingerprint density at radius 1 is 1.00 bits per heavy atom. The minimum Gasteiger partial charge on any atom is -0.497 e. The van der Waals surface area contributed by atoms with Gasteiger partial charge in [-0.3, -0.25) is 9.36 Å². The summed E-state index contributed by atoms with van der Waals surface area (Å²) in [5, 5.41) is 0. The third kappa shape index (κ3) is 5.04. The average Bonchev–Trinajstić information content (AvgIpc) is 3.22. The summed E-state index contributed by atoms with van der Waals surface area (Å²) >= 11 is 1.24. The molecule has 0 amide bonds. The maximum Gasteiger partial charge on any atom is 0.338 e. The number of hydrogen-bond acceptors (Lipinski definition) is 9. The van der Waals surface area contributed by atoms with Crippen LogP contribution in [-0.4, -0.2) is 45.1 Å². The number of benzene rings is 2. The number of ether oxygens (including phenoxy) is 5. The fourth-order valence-electron chi connectivity index (χ4n) is 4.33. The van der Waals surface area contributed by atoms with Gasteiger partial charge in [0.25, 0.3) is 5.56 Å². The van der Waals surface area contributed by atoms with Crippen molar-refractivity contribution >= 4 is 23.4 Å². The van der Waals surface area contributed by atoms with Gasteiger partial charge in [-0.05, 0) is 56.7 Å². The number of carbonyl (C=O) groups excluding carboxylic acids is 1. The van der Waals surface area contributed by atoms with E-state index in [2.05, 4.69) is 4.99 Å². The Morgan fingerprint density at radius 2 is 1.76 bits per heavy atom. The second kappa shape index (κ2) is 11.6. The number of esters is 1. The predicted octanol–water partition coefficient (Wildman–Crippen LogP) is 3.22. The van der Waals surface area contributed by atoms with Gasteiger partial charge < -0.3 is 23.7 Å². The zero-order valence-electron chi connectivity index (χ0n) is 22.2. The van der Waals surface area contributed by atoms with Crippen LogP contribution in [0.2, 0.25) is 0 Å². The van der Waals surface area contributed by atoms with Crippen molar-refractivity contribution in [2.24, 2.45) is 4.99 Å². The van der Waals surface area contributed by atoms with E-state index in [-0.39, 0.29) is 17.7 Å². The molecule has 0 spiro atoms. The van der Waals surface area contributed by atoms with Crippen molar-refractivity contribution in [3.8, 4) is 23.0 Å². The van der Waals surface area contributed by atoms with E-state index in [1.54, 1.807) is 58.4 Å². The average molecular weight is 539 g/mol. The Kier molecular flexibility index (Phi) is 8.21. The van der Waals surface area contributed by atoms with Gasteiger partial charge in [0.05, 0.1) is 50.3 Å². The number of nitrogens with zero attached hydrogens (tertiary/aromatic N) is 2. The second-order valence-corrected chi connectivity index (χ2v) is 9.26. The minimum atomic E-state index is -0.803. The summed E-state index contributed by atoms with van der Waals surface area (Å²) in [5.41, 5.74) is 1.83. The van der Waals surface area contributed by atoms with E-state index in [9.17, 15) is 9.59 Å². The molecule has 0 unspecified atom stereocenters. The van der Waals surface area contributed by atoms with Crippen molar-refractivity contribution in [1.29, 1.82) is 0 Å². The zero-order valence-corrected chi connectivity index (χ0v) is 23.0. The van der Waals surface area contributed by atoms with Crippen LogP contribution in [0.1, 0.15) is 37.9 Å². The largest absolute Gasteiger partial charge is 0.497 e. The number of aromatic nitrogens is 1. The van der Waals surface area contributed by atoms with Gasteiger partial charge in [-0.1, -0.05) is 17.4 Å². The van der Waals surface area contributed by atoms with E-state index in [0.717, 1.165) is 5.56 Å². The fourth-order valence-corrected chi connectivity index (χ4v) is 5.38. The smallest absolute Gasteiger partial charge is 0.338 e. The fraction of sp³-hybridized carbons (Fsp3) is 0.321. The summed E-state index contributed by atoms with van der Waals surface area (Å²) in [4.78, 5) is 32.1. The molecular weight excluding hydrogens is 508 g/mol. The van der Waals surface area contributed by atoms with Crippen molar-refractivity contribution in [3.63, 3.8) is 0 Å². The van der Waals surface area contributed by atoms with E-state index in [1.807, 2.05) is 19.1 Å². The van der Waals surface area contributed by atoms with E-state index in [0.29, 0.717) is 50.2 Å². The van der Waals surface area contributed by atoms with Crippen LogP contribution in [0.5, 0.6) is 23.0 Å². The number of carbonyl (C=O) groups is 1. The second-order valence-electron chi connectivity index (χ2n) is 8.25. The highest BCUT2D eigenvalue weighted by molar-refractivity contribution is 7.07. The first kappa shape index (κ1) is 27.0. The Balaban J connectivity index is 1.94. The van der Waals surface area contributed by atoms with Crippen molar-refractivity contribution in [2.75, 3.05) is 34.5 Å². The van der Waals surface area contributed by atoms with Crippen molar-refractivity contribution in [3.05, 3.63) is 78.5 Å². The monoisotopic (exact) mass is 538 g/mol. The number of allylic oxidation sites excluding steroid dienone is 1. The molecule has 1 aliphatic heterocycles. The molecule has 1 atom stereocenters. The summed E-state index contributed by atoms with van der Waals surface area (Å²) in [5.74, 6) is 1.70. The maximum absolute atomic E-state index is 13.9. The molecule has 0 N–H and O–H groups in total. The van der Waals surface area contributed by atoms with Gasteiger partial charge in [0.15, 0.2) is 16.3 Å². The molecule has 2 aromatic carbocycles. The Morgan fingerprint density at radius 3 is 2.42 bits per heavy atom. The first-order valence-electron chi connectivity index (χ1n) is 12.1. The molecule has 200 valence electrons. The molecule has 1 aromatic heterocycles.